The standard InChI is InChI=1S/C20H24F2N4O2.CH4O3S/c1-14-3-5-16(6-4-14)12-28-19(27)26-8-7-17(20(21,22)13-26)11-25-18-23-9-15(2)10-24-18;1-5(2,3)4/h3-6,9-10,17H,7-8,11-13H2,1-2H3,(H,23,24,25);1H3,(H,2,3,4). The fourth-order valence-electron chi connectivity index (χ4n) is 3.01. The van der Waals surface area contributed by atoms with Crippen LogP contribution in [0.3, 0.4) is 0 Å². The predicted octanol–water partition coefficient (Wildman–Crippen LogP) is 3.30. The highest BCUT2D eigenvalue weighted by atomic mass is 32.2. The van der Waals surface area contributed by atoms with Crippen LogP contribution in [-0.4, -0.2) is 65.7 Å². The van der Waals surface area contributed by atoms with Gasteiger partial charge >= 0.3 is 6.09 Å². The van der Waals surface area contributed by atoms with Gasteiger partial charge in [0.05, 0.1) is 12.8 Å². The molecule has 0 spiro atoms. The molecule has 2 heterocycles. The molecular weight excluding hydrogens is 458 g/mol. The number of nitrogens with one attached hydrogen (secondary N) is 1. The summed E-state index contributed by atoms with van der Waals surface area (Å²) < 4.78 is 60.1. The van der Waals surface area contributed by atoms with Crippen molar-refractivity contribution in [2.45, 2.75) is 32.8 Å². The first-order valence-electron chi connectivity index (χ1n) is 10.1. The number of likely N-dealkylation sites (tertiary alicyclic amines) is 1. The van der Waals surface area contributed by atoms with Crippen LogP contribution >= 0.6 is 0 Å². The second kappa shape index (κ2) is 11.3. The van der Waals surface area contributed by atoms with Gasteiger partial charge in [0.2, 0.25) is 5.95 Å². The summed E-state index contributed by atoms with van der Waals surface area (Å²) in [6.07, 6.45) is 3.42. The van der Waals surface area contributed by atoms with E-state index >= 15 is 0 Å². The number of benzene rings is 1. The molecule has 0 bridgehead atoms. The third-order valence-corrected chi connectivity index (χ3v) is 4.78. The van der Waals surface area contributed by atoms with Crippen molar-refractivity contribution in [3.8, 4) is 0 Å². The lowest BCUT2D eigenvalue weighted by molar-refractivity contribution is -0.102. The average molecular weight is 487 g/mol. The number of rotatable bonds is 5. The maximum absolute atomic E-state index is 14.5. The Hall–Kier alpha value is -2.86. The third-order valence-electron chi connectivity index (χ3n) is 4.78. The van der Waals surface area contributed by atoms with Crippen molar-refractivity contribution in [1.82, 2.24) is 14.9 Å². The lowest BCUT2D eigenvalue weighted by Crippen LogP contribution is -2.52. The molecule has 1 aliphatic rings. The fourth-order valence-corrected chi connectivity index (χ4v) is 3.01. The van der Waals surface area contributed by atoms with Crippen LogP contribution < -0.4 is 5.32 Å². The van der Waals surface area contributed by atoms with Crippen molar-refractivity contribution in [3.63, 3.8) is 0 Å². The van der Waals surface area contributed by atoms with Gasteiger partial charge in [0, 0.05) is 31.4 Å². The van der Waals surface area contributed by atoms with E-state index in [0.29, 0.717) is 12.2 Å². The van der Waals surface area contributed by atoms with Crippen molar-refractivity contribution in [2.24, 2.45) is 5.92 Å². The number of aryl methyl sites for hydroxylation is 2. The first kappa shape index (κ1) is 26.4. The van der Waals surface area contributed by atoms with E-state index in [2.05, 4.69) is 15.3 Å². The number of anilines is 1. The van der Waals surface area contributed by atoms with E-state index in [4.69, 9.17) is 9.29 Å². The molecule has 0 saturated carbocycles. The summed E-state index contributed by atoms with van der Waals surface area (Å²) in [5.74, 6) is -3.60. The predicted molar refractivity (Wildman–Crippen MR) is 119 cm³/mol. The number of alkyl halides is 2. The van der Waals surface area contributed by atoms with Crippen LogP contribution in [0.1, 0.15) is 23.1 Å². The molecule has 1 atom stereocenters. The van der Waals surface area contributed by atoms with Gasteiger partial charge in [-0.05, 0) is 31.4 Å². The largest absolute Gasteiger partial charge is 0.445 e. The lowest BCUT2D eigenvalue weighted by atomic mass is 9.93. The van der Waals surface area contributed by atoms with Crippen LogP contribution in [-0.2, 0) is 21.5 Å². The van der Waals surface area contributed by atoms with Crippen molar-refractivity contribution in [3.05, 3.63) is 53.3 Å². The molecule has 1 saturated heterocycles. The highest BCUT2D eigenvalue weighted by molar-refractivity contribution is 7.85. The summed E-state index contributed by atoms with van der Waals surface area (Å²) in [6.45, 7) is 3.50. The van der Waals surface area contributed by atoms with Crippen molar-refractivity contribution in [2.75, 3.05) is 31.2 Å². The third kappa shape index (κ3) is 9.66. The van der Waals surface area contributed by atoms with E-state index in [1.165, 1.54) is 0 Å². The zero-order valence-electron chi connectivity index (χ0n) is 18.7. The summed E-state index contributed by atoms with van der Waals surface area (Å²) in [6, 6.07) is 7.52. The van der Waals surface area contributed by atoms with Gasteiger partial charge in [0.15, 0.2) is 0 Å². The quantitative estimate of drug-likeness (QED) is 0.618. The summed E-state index contributed by atoms with van der Waals surface area (Å²) in [4.78, 5) is 21.4. The highest BCUT2D eigenvalue weighted by Gasteiger charge is 2.46. The molecule has 3 rings (SSSR count). The van der Waals surface area contributed by atoms with Gasteiger partial charge in [-0.25, -0.2) is 23.5 Å². The lowest BCUT2D eigenvalue weighted by Gasteiger charge is -2.37. The number of piperidine rings is 1. The Balaban J connectivity index is 0.000000696. The van der Waals surface area contributed by atoms with Crippen molar-refractivity contribution in [1.29, 1.82) is 0 Å². The maximum Gasteiger partial charge on any atom is 0.410 e. The molecular formula is C21H28F2N4O5S. The first-order chi connectivity index (χ1) is 15.3. The summed E-state index contributed by atoms with van der Waals surface area (Å²) >= 11 is 0. The normalized spacial score (nSPS) is 17.5. The monoisotopic (exact) mass is 486 g/mol. The van der Waals surface area contributed by atoms with Gasteiger partial charge < -0.3 is 15.0 Å². The maximum atomic E-state index is 14.5. The Labute approximate surface area is 191 Å². The minimum Gasteiger partial charge on any atom is -0.445 e. The van der Waals surface area contributed by atoms with Crippen LogP contribution in [0, 0.1) is 19.8 Å². The van der Waals surface area contributed by atoms with Crippen LogP contribution in [0.2, 0.25) is 0 Å². The van der Waals surface area contributed by atoms with Crippen LogP contribution in [0.25, 0.3) is 0 Å². The Morgan fingerprint density at radius 3 is 2.33 bits per heavy atom. The molecule has 33 heavy (non-hydrogen) atoms. The van der Waals surface area contributed by atoms with Gasteiger partial charge in [-0.15, -0.1) is 0 Å². The zero-order chi connectivity index (χ0) is 24.6. The molecule has 9 nitrogen and oxygen atoms in total. The number of carbonyl (C=O) groups is 1. The Morgan fingerprint density at radius 1 is 1.21 bits per heavy atom. The van der Waals surface area contributed by atoms with Gasteiger partial charge in [0.25, 0.3) is 16.0 Å². The van der Waals surface area contributed by atoms with Gasteiger partial charge in [-0.2, -0.15) is 8.42 Å². The molecule has 12 heteroatoms. The van der Waals surface area contributed by atoms with Gasteiger partial charge in [-0.1, -0.05) is 29.8 Å². The summed E-state index contributed by atoms with van der Waals surface area (Å²) in [7, 11) is -3.67. The van der Waals surface area contributed by atoms with E-state index in [0.717, 1.165) is 21.6 Å². The number of hydrogen-bond donors (Lipinski definition) is 2. The number of halogens is 2. The fraction of sp³-hybridized carbons (Fsp3) is 0.476. The van der Waals surface area contributed by atoms with E-state index in [1.807, 2.05) is 38.1 Å². The van der Waals surface area contributed by atoms with E-state index < -0.39 is 34.6 Å². The molecule has 0 aliphatic carbocycles. The van der Waals surface area contributed by atoms with Gasteiger partial charge in [-0.3, -0.25) is 4.55 Å². The number of nitrogens with zero attached hydrogens (tertiary/aromatic N) is 3. The molecule has 0 radical (unpaired) electrons. The molecule has 182 valence electrons. The van der Waals surface area contributed by atoms with Crippen LogP contribution in [0.4, 0.5) is 19.5 Å². The van der Waals surface area contributed by atoms with Crippen molar-refractivity contribution < 1.29 is 31.3 Å². The molecule has 1 aromatic carbocycles. The summed E-state index contributed by atoms with van der Waals surface area (Å²) in [5.41, 5.74) is 2.82. The number of aromatic nitrogens is 2. The zero-order valence-corrected chi connectivity index (χ0v) is 19.5. The number of amides is 1. The minimum absolute atomic E-state index is 0.0440. The smallest absolute Gasteiger partial charge is 0.410 e. The average Bonchev–Trinajstić information content (AvgIpc) is 2.71. The number of hydrogen-bond acceptors (Lipinski definition) is 7. The van der Waals surface area contributed by atoms with Crippen LogP contribution in [0.5, 0.6) is 0 Å². The Morgan fingerprint density at radius 2 is 1.79 bits per heavy atom. The Kier molecular flexibility index (Phi) is 9.06. The van der Waals surface area contributed by atoms with E-state index in [-0.39, 0.29) is 26.1 Å². The molecule has 1 fully saturated rings. The SMILES string of the molecule is CS(=O)(=O)O.Cc1ccc(COC(=O)N2CCC(CNc3ncc(C)cn3)C(F)(F)C2)cc1. The second-order valence-electron chi connectivity index (χ2n) is 7.91. The van der Waals surface area contributed by atoms with E-state index in [1.54, 1.807) is 12.4 Å². The molecule has 1 aromatic heterocycles. The number of ether oxygens (including phenoxy) is 1. The van der Waals surface area contributed by atoms with Gasteiger partial charge in [0.1, 0.15) is 6.61 Å². The number of carbonyl (C=O) groups excluding carboxylic acids is 1. The topological polar surface area (TPSA) is 122 Å². The van der Waals surface area contributed by atoms with E-state index in [9.17, 15) is 22.0 Å². The molecule has 1 amide bonds. The molecule has 1 unspecified atom stereocenters. The highest BCUT2D eigenvalue weighted by Crippen LogP contribution is 2.33. The molecule has 1 aliphatic heterocycles. The Bertz CT molecular complexity index is 1010. The minimum atomic E-state index is -3.67. The molecule has 2 aromatic rings. The van der Waals surface area contributed by atoms with Crippen molar-refractivity contribution >= 4 is 22.2 Å². The second-order valence-corrected chi connectivity index (χ2v) is 9.37. The van der Waals surface area contributed by atoms with Crippen LogP contribution in [0.15, 0.2) is 36.7 Å². The first-order valence-corrected chi connectivity index (χ1v) is 12.0. The molecule has 2 N–H and O–H groups in total. The summed E-state index contributed by atoms with van der Waals surface area (Å²) in [5, 5.41) is 2.86.